The van der Waals surface area contributed by atoms with Crippen LogP contribution in [0.2, 0.25) is 0 Å². The third-order valence-electron chi connectivity index (χ3n) is 15.8. The summed E-state index contributed by atoms with van der Waals surface area (Å²) in [5.41, 5.74) is -4.34. The number of fused-ring (bicyclic) bond motifs is 7. The van der Waals surface area contributed by atoms with E-state index in [9.17, 15) is 53.5 Å². The Hall–Kier alpha value is -1.24. The minimum Gasteiger partial charge on any atom is -0.432 e. The van der Waals surface area contributed by atoms with Gasteiger partial charge in [0, 0.05) is 11.3 Å². The van der Waals surface area contributed by atoms with Crippen LogP contribution in [-0.4, -0.2) is 116 Å². The summed E-state index contributed by atoms with van der Waals surface area (Å²) in [7, 11) is -4.80. The van der Waals surface area contributed by atoms with Gasteiger partial charge in [0.05, 0.1) is 36.4 Å². The van der Waals surface area contributed by atoms with Crippen LogP contribution >= 0.6 is 0 Å². The average Bonchev–Trinajstić information content (AvgIpc) is 3.04. The summed E-state index contributed by atoms with van der Waals surface area (Å²) < 4.78 is 49.0. The van der Waals surface area contributed by atoms with Gasteiger partial charge in [-0.05, 0) is 92.3 Å². The highest BCUT2D eigenvalue weighted by atomic mass is 32.3. The van der Waals surface area contributed by atoms with E-state index in [1.54, 1.807) is 13.8 Å². The van der Waals surface area contributed by atoms with Gasteiger partial charge in [0.15, 0.2) is 0 Å². The molecule has 6 rings (SSSR count). The molecule has 0 unspecified atom stereocenters. The van der Waals surface area contributed by atoms with Crippen molar-refractivity contribution in [2.45, 2.75) is 141 Å². The van der Waals surface area contributed by atoms with Crippen LogP contribution in [0.1, 0.15) is 92.9 Å². The number of ether oxygens (including phenoxy) is 2. The first-order valence-electron chi connectivity index (χ1n) is 18.4. The molecule has 0 bridgehead atoms. The molecule has 14 nitrogen and oxygen atoms in total. The van der Waals surface area contributed by atoms with Gasteiger partial charge in [0.2, 0.25) is 6.29 Å². The monoisotopic (exact) mass is 746 g/mol. The predicted octanol–water partition coefficient (Wildman–Crippen LogP) is 1.23. The molecular weight excluding hydrogens is 688 g/mol. The van der Waals surface area contributed by atoms with Crippen molar-refractivity contribution in [2.75, 3.05) is 13.2 Å². The highest BCUT2D eigenvalue weighted by Gasteiger charge is 2.72. The summed E-state index contributed by atoms with van der Waals surface area (Å²) >= 11 is 0. The minimum absolute atomic E-state index is 0.0516. The molecule has 292 valence electrons. The van der Waals surface area contributed by atoms with Gasteiger partial charge in [-0.3, -0.25) is 9.35 Å². The summed E-state index contributed by atoms with van der Waals surface area (Å²) in [4.78, 5) is 14.5. The van der Waals surface area contributed by atoms with Crippen molar-refractivity contribution < 1.29 is 67.2 Å². The molecule has 4 saturated carbocycles. The van der Waals surface area contributed by atoms with E-state index < -0.39 is 111 Å². The van der Waals surface area contributed by atoms with Crippen LogP contribution in [0.5, 0.6) is 0 Å². The Kier molecular flexibility index (Phi) is 9.79. The van der Waals surface area contributed by atoms with Crippen LogP contribution in [0.25, 0.3) is 0 Å². The number of hydrogen-bond donors (Lipinski definition) is 8. The smallest absolute Gasteiger partial charge is 0.397 e. The molecule has 0 aromatic carbocycles. The van der Waals surface area contributed by atoms with Gasteiger partial charge in [-0.1, -0.05) is 46.3 Å². The summed E-state index contributed by atoms with van der Waals surface area (Å²) in [5.74, 6) is -1.87. The SMILES string of the molecule is C[C@@H]1CC[C@]2(C(=O)O[C@@H]3O[C@H](CO)[C@@H](O)[C@H](O)[C@H]3O)CC[C@]3(C)C(=CC[C@@H]4[C@@]5(C)C[C@@H](O)[C@H](O)[C@@](C)(COS(=O)(=O)O)[C@@H]5CC[C@]43C)[C@@H]2[C@]1(C)O. The number of carbonyl (C=O) groups is 1. The molecule has 0 radical (unpaired) electrons. The Morgan fingerprint density at radius 3 is 2.24 bits per heavy atom. The second kappa shape index (κ2) is 12.7. The molecule has 51 heavy (non-hydrogen) atoms. The zero-order valence-corrected chi connectivity index (χ0v) is 31.3. The van der Waals surface area contributed by atoms with Gasteiger partial charge in [0.25, 0.3) is 0 Å². The molecule has 0 aromatic rings. The van der Waals surface area contributed by atoms with Crippen LogP contribution in [0.15, 0.2) is 11.6 Å². The molecule has 8 N–H and O–H groups in total. The molecular formula is C36H58O14S. The van der Waals surface area contributed by atoms with Crippen molar-refractivity contribution in [2.24, 2.45) is 50.7 Å². The highest BCUT2D eigenvalue weighted by Crippen LogP contribution is 2.76. The maximum absolute atomic E-state index is 14.5. The maximum Gasteiger partial charge on any atom is 0.397 e. The van der Waals surface area contributed by atoms with E-state index in [0.29, 0.717) is 44.9 Å². The minimum atomic E-state index is -4.80. The fourth-order valence-corrected chi connectivity index (χ4v) is 13.0. The Morgan fingerprint density at radius 2 is 1.61 bits per heavy atom. The number of allylic oxidation sites excluding steroid dienone is 1. The first kappa shape index (κ1) is 39.5. The molecule has 6 aliphatic rings. The number of aliphatic hydroxyl groups excluding tert-OH is 6. The number of carbonyl (C=O) groups excluding carboxylic acids is 1. The lowest BCUT2D eigenvalue weighted by Gasteiger charge is -2.72. The first-order chi connectivity index (χ1) is 23.4. The van der Waals surface area contributed by atoms with Crippen molar-refractivity contribution in [3.63, 3.8) is 0 Å². The predicted molar refractivity (Wildman–Crippen MR) is 180 cm³/mol. The Labute approximate surface area is 300 Å². The topological polar surface area (TPSA) is 241 Å². The van der Waals surface area contributed by atoms with E-state index in [4.69, 9.17) is 13.7 Å². The third-order valence-corrected chi connectivity index (χ3v) is 16.2. The van der Waals surface area contributed by atoms with Gasteiger partial charge < -0.3 is 45.2 Å². The van der Waals surface area contributed by atoms with Gasteiger partial charge in [-0.2, -0.15) is 8.42 Å². The van der Waals surface area contributed by atoms with E-state index in [0.717, 1.165) is 5.57 Å². The fraction of sp³-hybridized carbons (Fsp3) is 0.917. The lowest BCUT2D eigenvalue weighted by atomic mass is 9.33. The van der Waals surface area contributed by atoms with Crippen molar-refractivity contribution in [1.29, 1.82) is 0 Å². The second-order valence-corrected chi connectivity index (χ2v) is 19.2. The van der Waals surface area contributed by atoms with Crippen LogP contribution in [0.4, 0.5) is 0 Å². The molecule has 15 heteroatoms. The van der Waals surface area contributed by atoms with Gasteiger partial charge in [0.1, 0.15) is 24.4 Å². The fourth-order valence-electron chi connectivity index (χ4n) is 12.6. The number of aliphatic hydroxyl groups is 7. The summed E-state index contributed by atoms with van der Waals surface area (Å²) in [6.45, 7) is 10.8. The molecule has 0 amide bonds. The van der Waals surface area contributed by atoms with Crippen molar-refractivity contribution in [1.82, 2.24) is 0 Å². The van der Waals surface area contributed by atoms with Gasteiger partial charge in [-0.15, -0.1) is 0 Å². The van der Waals surface area contributed by atoms with Crippen molar-refractivity contribution in [3.8, 4) is 0 Å². The van der Waals surface area contributed by atoms with Crippen LogP contribution in [0.3, 0.4) is 0 Å². The lowest BCUT2D eigenvalue weighted by Crippen LogP contribution is -2.70. The molecule has 17 atom stereocenters. The molecule has 1 saturated heterocycles. The van der Waals surface area contributed by atoms with Crippen molar-refractivity contribution >= 4 is 16.4 Å². The Morgan fingerprint density at radius 1 is 0.941 bits per heavy atom. The van der Waals surface area contributed by atoms with Crippen LogP contribution in [-0.2, 0) is 28.9 Å². The largest absolute Gasteiger partial charge is 0.432 e. The number of esters is 1. The average molecular weight is 747 g/mol. The van der Waals surface area contributed by atoms with E-state index in [-0.39, 0.29) is 24.2 Å². The third kappa shape index (κ3) is 5.62. The number of rotatable bonds is 6. The Balaban J connectivity index is 1.39. The zero-order valence-electron chi connectivity index (χ0n) is 30.4. The van der Waals surface area contributed by atoms with E-state index in [1.165, 1.54) is 0 Å². The first-order valence-corrected chi connectivity index (χ1v) is 19.7. The molecule has 1 aliphatic heterocycles. The molecule has 0 aromatic heterocycles. The molecule has 5 aliphatic carbocycles. The van der Waals surface area contributed by atoms with E-state index >= 15 is 0 Å². The molecule has 1 heterocycles. The summed E-state index contributed by atoms with van der Waals surface area (Å²) in [6.07, 6.45) is -4.45. The quantitative estimate of drug-likeness (QED) is 0.108. The normalized spacial score (nSPS) is 54.2. The Bertz CT molecular complexity index is 1520. The summed E-state index contributed by atoms with van der Waals surface area (Å²) in [5, 5.41) is 76.1. The molecule has 5 fully saturated rings. The van der Waals surface area contributed by atoms with Crippen LogP contribution < -0.4 is 0 Å². The molecule has 0 spiro atoms. The standard InChI is InChI=1S/C36H58O14S/c1-18-9-12-36(30(43)50-29-26(41)25(40)24(39)21(16-37)49-29)14-13-33(4)19(27(36)35(18,6)44)7-8-23-31(2)15-20(38)28(42)32(3,17-48-51(45,46)47)22(31)10-11-34(23,33)5/h7,18,20-29,37-42,44H,8-17H2,1-6H3,(H,45,46,47)/t18-,20-,21-,22-,23-,24-,25+,26-,27-,28+,29+,31+,32+,33-,34-,35-,36+/m1/s1. The zero-order chi connectivity index (χ0) is 37.9. The van der Waals surface area contributed by atoms with Gasteiger partial charge >= 0.3 is 16.4 Å². The lowest BCUT2D eigenvalue weighted by molar-refractivity contribution is -0.299. The second-order valence-electron chi connectivity index (χ2n) is 18.1. The van der Waals surface area contributed by atoms with Crippen LogP contribution in [0, 0.1) is 50.7 Å². The van der Waals surface area contributed by atoms with E-state index in [2.05, 4.69) is 26.8 Å². The maximum atomic E-state index is 14.5. The van der Waals surface area contributed by atoms with Crippen molar-refractivity contribution in [3.05, 3.63) is 11.6 Å². The highest BCUT2D eigenvalue weighted by molar-refractivity contribution is 7.80. The number of hydrogen-bond acceptors (Lipinski definition) is 13. The summed E-state index contributed by atoms with van der Waals surface area (Å²) in [6, 6.07) is 0. The van der Waals surface area contributed by atoms with E-state index in [1.807, 2.05) is 6.92 Å². The van der Waals surface area contributed by atoms with Gasteiger partial charge in [-0.25, -0.2) is 4.18 Å².